The van der Waals surface area contributed by atoms with Crippen LogP contribution in [0.4, 0.5) is 0 Å². The summed E-state index contributed by atoms with van der Waals surface area (Å²) < 4.78 is 16.5. The normalized spacial score (nSPS) is 9.73. The maximum atomic E-state index is 10.7. The van der Waals surface area contributed by atoms with Crippen molar-refractivity contribution in [2.24, 2.45) is 0 Å². The first kappa shape index (κ1) is 47.1. The second-order valence-corrected chi connectivity index (χ2v) is 11.3. The molecule has 0 saturated heterocycles. The van der Waals surface area contributed by atoms with E-state index in [2.05, 4.69) is 29.9 Å². The van der Waals surface area contributed by atoms with Gasteiger partial charge in [-0.3, -0.25) is 0 Å². The van der Waals surface area contributed by atoms with E-state index in [0.29, 0.717) is 68.1 Å². The van der Waals surface area contributed by atoms with Gasteiger partial charge in [-0.15, -0.1) is 0 Å². The molecule has 3 aromatic carbocycles. The molecule has 6 heterocycles. The molecule has 0 fully saturated rings. The van der Waals surface area contributed by atoms with Crippen LogP contribution in [0.5, 0.6) is 0 Å². The van der Waals surface area contributed by atoms with E-state index in [1.54, 1.807) is 60.7 Å². The third kappa shape index (κ3) is 11.6. The van der Waals surface area contributed by atoms with E-state index in [9.17, 15) is 29.7 Å². The van der Waals surface area contributed by atoms with E-state index in [1.165, 1.54) is 25.1 Å². The molecule has 9 rings (SSSR count). The van der Waals surface area contributed by atoms with E-state index in [4.69, 9.17) is 18.5 Å². The Morgan fingerprint density at radius 1 is 0.450 bits per heavy atom. The molecule has 0 aliphatic heterocycles. The average molecular weight is 941 g/mol. The van der Waals surface area contributed by atoms with Crippen LogP contribution in [0.2, 0.25) is 0 Å². The van der Waals surface area contributed by atoms with E-state index in [0.717, 1.165) is 0 Å². The van der Waals surface area contributed by atoms with Gasteiger partial charge in [0.25, 0.3) is 0 Å². The molecule has 0 amide bonds. The van der Waals surface area contributed by atoms with Crippen molar-refractivity contribution in [2.45, 2.75) is 6.92 Å². The van der Waals surface area contributed by atoms with Gasteiger partial charge in [-0.1, -0.05) is 54.6 Å². The summed E-state index contributed by atoms with van der Waals surface area (Å²) in [5, 5.41) is 39.5. The Morgan fingerprint density at radius 3 is 0.933 bits per heavy atom. The van der Waals surface area contributed by atoms with Gasteiger partial charge < -0.3 is 53.9 Å². The number of pyridine rings is 3. The zero-order valence-corrected chi connectivity index (χ0v) is 34.3. The minimum absolute atomic E-state index is 0. The van der Waals surface area contributed by atoms with E-state index in [1.807, 2.05) is 54.6 Å². The van der Waals surface area contributed by atoms with E-state index in [-0.39, 0.29) is 68.9 Å². The molecule has 6 aromatic heterocycles. The molecule has 0 aliphatic carbocycles. The summed E-state index contributed by atoms with van der Waals surface area (Å²) in [5.41, 5.74) is 4.68. The maximum absolute atomic E-state index is 10.7. The number of para-hydroxylation sites is 6. The second kappa shape index (κ2) is 22.0. The van der Waals surface area contributed by atoms with Gasteiger partial charge in [-0.05, 0) is 72.8 Å². The Labute approximate surface area is 371 Å². The molecule has 0 bridgehead atoms. The number of benzene rings is 3. The quantitative estimate of drug-likeness (QED) is 0.216. The van der Waals surface area contributed by atoms with Crippen LogP contribution < -0.4 is 15.3 Å². The Hall–Kier alpha value is -7.31. The second-order valence-electron chi connectivity index (χ2n) is 11.3. The van der Waals surface area contributed by atoms with E-state index < -0.39 is 17.9 Å². The van der Waals surface area contributed by atoms with Crippen LogP contribution in [0.15, 0.2) is 141 Å². The predicted molar refractivity (Wildman–Crippen MR) is 206 cm³/mol. The van der Waals surface area contributed by atoms with Gasteiger partial charge in [0.1, 0.15) is 33.6 Å². The molecule has 0 aliphatic rings. The van der Waals surface area contributed by atoms with Crippen LogP contribution in [0.25, 0.3) is 68.1 Å². The molecule has 297 valence electrons. The third-order valence-electron chi connectivity index (χ3n) is 7.41. The van der Waals surface area contributed by atoms with Crippen molar-refractivity contribution in [1.82, 2.24) is 29.9 Å². The Bertz CT molecular complexity index is 2520. The van der Waals surface area contributed by atoms with Crippen LogP contribution in [0.3, 0.4) is 0 Å². The number of fused-ring (bicyclic) bond motifs is 3. The Balaban J connectivity index is 0.000000227. The summed E-state index contributed by atoms with van der Waals surface area (Å²) in [6, 6.07) is 37.3. The number of carboxylic acids is 3. The number of nitrogens with zero attached hydrogens (tertiary/aromatic N) is 7. The molecule has 9 aromatic rings. The van der Waals surface area contributed by atoms with Crippen LogP contribution in [0, 0.1) is 52.2 Å². The largest absolute Gasteiger partial charge is 3.00 e. The van der Waals surface area contributed by atoms with Crippen molar-refractivity contribution in [3.63, 3.8) is 0 Å². The molecule has 0 saturated carbocycles. The predicted octanol–water partition coefficient (Wildman–Crippen LogP) is 2.45. The molecule has 18 nitrogen and oxygen atoms in total. The summed E-state index contributed by atoms with van der Waals surface area (Å²) in [4.78, 5) is 56.7. The smallest absolute Gasteiger partial charge is 0.543 e. The van der Waals surface area contributed by atoms with Crippen molar-refractivity contribution < 1.29 is 94.7 Å². The van der Waals surface area contributed by atoms with Crippen molar-refractivity contribution in [3.8, 4) is 40.8 Å². The number of carboxylic acid groups (broad SMARTS) is 3. The average Bonchev–Trinajstić information content (AvgIpc) is 3.99. The summed E-state index contributed by atoms with van der Waals surface area (Å²) in [5.74, 6) is -3.10. The molecule has 6 N–H and O–H groups in total. The number of nitriles is 1. The summed E-state index contributed by atoms with van der Waals surface area (Å²) in [7, 11) is 0. The number of rotatable bonds is 6. The Kier molecular flexibility index (Phi) is 17.3. The molecule has 19 heteroatoms. The van der Waals surface area contributed by atoms with Gasteiger partial charge >= 0.3 is 40.8 Å². The van der Waals surface area contributed by atoms with Crippen molar-refractivity contribution >= 4 is 51.2 Å². The topological polar surface area (TPSA) is 327 Å². The molecule has 0 unspecified atom stereocenters. The van der Waals surface area contributed by atoms with Gasteiger partial charge in [0, 0.05) is 6.92 Å². The third-order valence-corrected chi connectivity index (χ3v) is 7.41. The fraction of sp³-hybridized carbons (Fsp3) is 0.0244. The molecule has 60 heavy (non-hydrogen) atoms. The number of aromatic nitrogens is 6. The van der Waals surface area contributed by atoms with Gasteiger partial charge in [0.05, 0.1) is 41.1 Å². The minimum Gasteiger partial charge on any atom is -0.543 e. The first-order chi connectivity index (χ1) is 27.6. The van der Waals surface area contributed by atoms with Gasteiger partial charge in [0.2, 0.25) is 17.7 Å². The number of carbonyl (C=O) groups excluding carboxylic acids is 3. The number of hydrogen-bond acceptors (Lipinski definition) is 16. The van der Waals surface area contributed by atoms with Crippen LogP contribution in [-0.4, -0.2) is 47.8 Å². The molecule has 1 radical (unpaired) electrons. The molecule has 0 atom stereocenters. The number of aromatic carboxylic acids is 3. The van der Waals surface area contributed by atoms with Crippen molar-refractivity contribution in [3.05, 3.63) is 144 Å². The fourth-order valence-corrected chi connectivity index (χ4v) is 4.95. The summed E-state index contributed by atoms with van der Waals surface area (Å²) in [6.07, 6.45) is 0. The summed E-state index contributed by atoms with van der Waals surface area (Å²) >= 11 is 0. The number of hydrogen-bond donors (Lipinski definition) is 0. The molecule has 0 spiro atoms. The van der Waals surface area contributed by atoms with Crippen LogP contribution >= 0.6 is 0 Å². The van der Waals surface area contributed by atoms with Crippen LogP contribution in [-0.2, 0) is 11.0 Å². The SMILES string of the molecule is CC#N.O=C([O-])c1cccc(-c2nc3ccccc3o2)n1.O=C([O-])c1cccc(-c2nc3ccccc3o2)n1.O=C([O-])c1cccc(-c2nc3ccccc3o2)n1.[Nd+3].[OH3+].[OH3+]. The first-order valence-electron chi connectivity index (χ1n) is 16.6. The number of carbonyl (C=O) groups is 3. The van der Waals surface area contributed by atoms with Gasteiger partial charge in [-0.25, -0.2) is 29.9 Å². The monoisotopic (exact) mass is 938 g/mol. The zero-order chi connectivity index (χ0) is 40.3. The zero-order valence-electron chi connectivity index (χ0n) is 31.1. The van der Waals surface area contributed by atoms with Gasteiger partial charge in [0.15, 0.2) is 16.7 Å². The first-order valence-corrected chi connectivity index (χ1v) is 16.6. The molecular formula is C41H30N7NdO11+2. The van der Waals surface area contributed by atoms with Crippen LogP contribution in [0.1, 0.15) is 38.4 Å². The van der Waals surface area contributed by atoms with E-state index >= 15 is 0 Å². The maximum Gasteiger partial charge on any atom is 3.00 e. The van der Waals surface area contributed by atoms with Gasteiger partial charge in [-0.2, -0.15) is 5.26 Å². The Morgan fingerprint density at radius 2 is 0.700 bits per heavy atom. The fourth-order valence-electron chi connectivity index (χ4n) is 4.95. The standard InChI is InChI=1S/3C13H8N2O3.C2H3N.Nd.2H2O/c3*16-13(17)10-6-3-5-9(14-10)12-15-8-4-1-2-7-11(8)18-12;1-2-3;;;/h3*1-7H,(H,16,17);1H3;;2*1H2/q;;;;+3;;/p-1. The minimum atomic E-state index is -1.33. The number of oxazole rings is 3. The van der Waals surface area contributed by atoms with Crippen molar-refractivity contribution in [2.75, 3.05) is 0 Å². The van der Waals surface area contributed by atoms with Crippen molar-refractivity contribution in [1.29, 1.82) is 5.26 Å². The summed E-state index contributed by atoms with van der Waals surface area (Å²) in [6.45, 7) is 1.43. The molecular weight excluding hydrogens is 911 g/mol.